The average Bonchev–Trinajstić information content (AvgIpc) is 2.27. The lowest BCUT2D eigenvalue weighted by Crippen LogP contribution is -2.25. The molecule has 0 bridgehead atoms. The van der Waals surface area contributed by atoms with E-state index in [0.29, 0.717) is 10.7 Å². The smallest absolute Gasteiger partial charge is 0.312 e. The molecule has 5 heteroatoms. The normalized spacial score (nSPS) is 11.6. The summed E-state index contributed by atoms with van der Waals surface area (Å²) < 4.78 is 5.29. The van der Waals surface area contributed by atoms with Crippen molar-refractivity contribution in [3.63, 3.8) is 0 Å². The molecule has 0 spiro atoms. The SMILES string of the molecule is CC(C)(C)OC(=O)Cc1ncnc2ccc(Cl)cc12. The Hall–Kier alpha value is -1.68. The highest BCUT2D eigenvalue weighted by atomic mass is 35.5. The van der Waals surface area contributed by atoms with E-state index in [0.717, 1.165) is 10.9 Å². The molecule has 4 nitrogen and oxygen atoms in total. The number of esters is 1. The van der Waals surface area contributed by atoms with Crippen LogP contribution < -0.4 is 0 Å². The topological polar surface area (TPSA) is 52.1 Å². The van der Waals surface area contributed by atoms with Crippen molar-refractivity contribution in [3.8, 4) is 0 Å². The second kappa shape index (κ2) is 5.13. The van der Waals surface area contributed by atoms with Crippen molar-refractivity contribution < 1.29 is 9.53 Å². The molecule has 0 aliphatic heterocycles. The number of fused-ring (bicyclic) bond motifs is 1. The molecule has 2 rings (SSSR count). The van der Waals surface area contributed by atoms with Crippen LogP contribution in [0.15, 0.2) is 24.5 Å². The Bertz CT molecular complexity index is 620. The number of hydrogen-bond donors (Lipinski definition) is 0. The summed E-state index contributed by atoms with van der Waals surface area (Å²) in [6.07, 6.45) is 1.55. The molecule has 0 saturated heterocycles. The molecule has 0 N–H and O–H groups in total. The first-order valence-electron chi connectivity index (χ1n) is 5.96. The van der Waals surface area contributed by atoms with E-state index >= 15 is 0 Å². The maximum Gasteiger partial charge on any atom is 0.312 e. The molecule has 1 aromatic carbocycles. The van der Waals surface area contributed by atoms with Crippen LogP contribution in [-0.4, -0.2) is 21.5 Å². The van der Waals surface area contributed by atoms with Crippen molar-refractivity contribution in [1.29, 1.82) is 0 Å². The summed E-state index contributed by atoms with van der Waals surface area (Å²) >= 11 is 5.96. The van der Waals surface area contributed by atoms with Gasteiger partial charge in [0.05, 0.1) is 17.6 Å². The minimum absolute atomic E-state index is 0.108. The van der Waals surface area contributed by atoms with Crippen molar-refractivity contribution >= 4 is 28.5 Å². The number of ether oxygens (including phenoxy) is 1. The minimum atomic E-state index is -0.502. The van der Waals surface area contributed by atoms with Crippen LogP contribution >= 0.6 is 11.6 Å². The highest BCUT2D eigenvalue weighted by molar-refractivity contribution is 6.31. The molecule has 0 aliphatic carbocycles. The molecule has 100 valence electrons. The van der Waals surface area contributed by atoms with Crippen molar-refractivity contribution in [3.05, 3.63) is 35.2 Å². The second-order valence-corrected chi connectivity index (χ2v) is 5.68. The van der Waals surface area contributed by atoms with E-state index in [2.05, 4.69) is 9.97 Å². The highest BCUT2D eigenvalue weighted by Crippen LogP contribution is 2.20. The molecular weight excluding hydrogens is 264 g/mol. The van der Waals surface area contributed by atoms with Crippen LogP contribution in [0.2, 0.25) is 5.02 Å². The summed E-state index contributed by atoms with van der Waals surface area (Å²) in [5, 5.41) is 1.37. The molecule has 1 aromatic heterocycles. The number of nitrogens with zero attached hydrogens (tertiary/aromatic N) is 2. The predicted molar refractivity (Wildman–Crippen MR) is 74.1 cm³/mol. The standard InChI is InChI=1S/C14H15ClN2O2/c1-14(2,3)19-13(18)7-12-10-6-9(15)4-5-11(10)16-8-17-12/h4-6,8H,7H2,1-3H3. The van der Waals surface area contributed by atoms with Gasteiger partial charge in [-0.05, 0) is 39.0 Å². The molecule has 19 heavy (non-hydrogen) atoms. The van der Waals surface area contributed by atoms with Gasteiger partial charge in [0.15, 0.2) is 0 Å². The van der Waals surface area contributed by atoms with Gasteiger partial charge >= 0.3 is 5.97 Å². The fraction of sp³-hybridized carbons (Fsp3) is 0.357. The van der Waals surface area contributed by atoms with Gasteiger partial charge in [-0.15, -0.1) is 0 Å². The van der Waals surface area contributed by atoms with Gasteiger partial charge in [-0.3, -0.25) is 4.79 Å². The van der Waals surface area contributed by atoms with Crippen LogP contribution in [0.3, 0.4) is 0 Å². The lowest BCUT2D eigenvalue weighted by Gasteiger charge is -2.19. The fourth-order valence-electron chi connectivity index (χ4n) is 1.74. The van der Waals surface area contributed by atoms with Crippen LogP contribution in [0, 0.1) is 0 Å². The average molecular weight is 279 g/mol. The Morgan fingerprint density at radius 2 is 2.05 bits per heavy atom. The lowest BCUT2D eigenvalue weighted by molar-refractivity contribution is -0.153. The molecule has 1 heterocycles. The molecule has 0 radical (unpaired) electrons. The first kappa shape index (κ1) is 13.7. The van der Waals surface area contributed by atoms with Gasteiger partial charge in [-0.1, -0.05) is 11.6 Å². The van der Waals surface area contributed by atoms with Crippen molar-refractivity contribution in [2.75, 3.05) is 0 Å². The summed E-state index contributed by atoms with van der Waals surface area (Å²) in [5.74, 6) is -0.313. The number of carbonyl (C=O) groups is 1. The van der Waals surface area contributed by atoms with Gasteiger partial charge in [0.1, 0.15) is 11.9 Å². The second-order valence-electron chi connectivity index (χ2n) is 5.25. The third kappa shape index (κ3) is 3.64. The van der Waals surface area contributed by atoms with Crippen molar-refractivity contribution in [2.45, 2.75) is 32.8 Å². The maximum absolute atomic E-state index is 11.8. The van der Waals surface area contributed by atoms with E-state index in [1.54, 1.807) is 18.2 Å². The number of hydrogen-bond acceptors (Lipinski definition) is 4. The number of rotatable bonds is 2. The van der Waals surface area contributed by atoms with Gasteiger partial charge in [0.2, 0.25) is 0 Å². The molecule has 0 amide bonds. The number of benzene rings is 1. The number of aromatic nitrogens is 2. The molecule has 0 unspecified atom stereocenters. The first-order valence-corrected chi connectivity index (χ1v) is 6.34. The Morgan fingerprint density at radius 1 is 1.32 bits per heavy atom. The van der Waals surface area contributed by atoms with Crippen molar-refractivity contribution in [1.82, 2.24) is 9.97 Å². The third-order valence-corrected chi connectivity index (χ3v) is 2.65. The van der Waals surface area contributed by atoms with Gasteiger partial charge in [-0.2, -0.15) is 0 Å². The first-order chi connectivity index (χ1) is 8.85. The molecular formula is C14H15ClN2O2. The van der Waals surface area contributed by atoms with Crippen LogP contribution in [0.1, 0.15) is 26.5 Å². The van der Waals surface area contributed by atoms with Crippen LogP contribution in [0.5, 0.6) is 0 Å². The quantitative estimate of drug-likeness (QED) is 0.792. The monoisotopic (exact) mass is 278 g/mol. The van der Waals surface area contributed by atoms with Gasteiger partial charge < -0.3 is 4.74 Å². The molecule has 2 aromatic rings. The molecule has 0 atom stereocenters. The summed E-state index contributed by atoms with van der Waals surface area (Å²) in [4.78, 5) is 20.1. The van der Waals surface area contributed by atoms with Crippen molar-refractivity contribution in [2.24, 2.45) is 0 Å². The zero-order valence-corrected chi connectivity index (χ0v) is 11.9. The predicted octanol–water partition coefficient (Wildman–Crippen LogP) is 3.17. The Balaban J connectivity index is 2.30. The summed E-state index contributed by atoms with van der Waals surface area (Å²) in [5.41, 5.74) is 0.886. The highest BCUT2D eigenvalue weighted by Gasteiger charge is 2.18. The Kier molecular flexibility index (Phi) is 3.71. The van der Waals surface area contributed by atoms with Crippen LogP contribution in [-0.2, 0) is 16.0 Å². The largest absolute Gasteiger partial charge is 0.460 e. The van der Waals surface area contributed by atoms with E-state index in [1.807, 2.05) is 20.8 Å². The molecule has 0 fully saturated rings. The van der Waals surface area contributed by atoms with E-state index < -0.39 is 5.60 Å². The Morgan fingerprint density at radius 3 is 2.74 bits per heavy atom. The zero-order valence-electron chi connectivity index (χ0n) is 11.1. The third-order valence-electron chi connectivity index (χ3n) is 2.41. The van der Waals surface area contributed by atoms with E-state index in [1.165, 1.54) is 6.33 Å². The van der Waals surface area contributed by atoms with E-state index in [4.69, 9.17) is 16.3 Å². The van der Waals surface area contributed by atoms with E-state index in [9.17, 15) is 4.79 Å². The van der Waals surface area contributed by atoms with E-state index in [-0.39, 0.29) is 12.4 Å². The zero-order chi connectivity index (χ0) is 14.0. The molecule has 0 saturated carbocycles. The van der Waals surface area contributed by atoms with Crippen LogP contribution in [0.4, 0.5) is 0 Å². The maximum atomic E-state index is 11.8. The number of carbonyl (C=O) groups excluding carboxylic acids is 1. The number of halogens is 1. The van der Waals surface area contributed by atoms with Gasteiger partial charge in [0.25, 0.3) is 0 Å². The lowest BCUT2D eigenvalue weighted by atomic mass is 10.1. The summed E-state index contributed by atoms with van der Waals surface area (Å²) in [6.45, 7) is 5.50. The fourth-order valence-corrected chi connectivity index (χ4v) is 1.91. The van der Waals surface area contributed by atoms with Gasteiger partial charge in [-0.25, -0.2) is 9.97 Å². The van der Waals surface area contributed by atoms with Crippen LogP contribution in [0.25, 0.3) is 10.9 Å². The minimum Gasteiger partial charge on any atom is -0.460 e. The van der Waals surface area contributed by atoms with Gasteiger partial charge in [0, 0.05) is 10.4 Å². The summed E-state index contributed by atoms with van der Waals surface area (Å²) in [6, 6.07) is 5.32. The molecule has 0 aliphatic rings. The Labute approximate surface area is 116 Å². The summed E-state index contributed by atoms with van der Waals surface area (Å²) in [7, 11) is 0.